The van der Waals surface area contributed by atoms with Crippen LogP contribution in [0.3, 0.4) is 0 Å². The van der Waals surface area contributed by atoms with Gasteiger partial charge in [-0.3, -0.25) is 6.08 Å². The molecule has 1 unspecified atom stereocenters. The number of fused-ring (bicyclic) bond motifs is 1. The fourth-order valence-corrected chi connectivity index (χ4v) is 3.43. The van der Waals surface area contributed by atoms with Gasteiger partial charge in [0.25, 0.3) is 0 Å². The molecule has 0 bridgehead atoms. The molecule has 0 saturated heterocycles. The van der Waals surface area contributed by atoms with Gasteiger partial charge in [-0.25, -0.2) is 5.57 Å². The quantitative estimate of drug-likeness (QED) is 0.192. The van der Waals surface area contributed by atoms with Crippen molar-refractivity contribution in [1.29, 1.82) is 0 Å². The van der Waals surface area contributed by atoms with E-state index in [4.69, 9.17) is 0 Å². The van der Waals surface area contributed by atoms with Gasteiger partial charge in [-0.05, 0) is 0 Å². The molecular weight excluding hydrogens is 572 g/mol. The first-order chi connectivity index (χ1) is 14.9. The van der Waals surface area contributed by atoms with E-state index in [1.165, 1.54) is 28.9 Å². The first-order valence-electron chi connectivity index (χ1n) is 10.5. The molecule has 0 fully saturated rings. The first kappa shape index (κ1) is 33.0. The van der Waals surface area contributed by atoms with Gasteiger partial charge >= 0.3 is 48.0 Å². The Labute approximate surface area is 229 Å². The van der Waals surface area contributed by atoms with E-state index in [0.717, 1.165) is 22.4 Å². The molecule has 0 amide bonds. The molecular formula is C27H31Cl2F3SiZr. The maximum absolute atomic E-state index is 12.7. The van der Waals surface area contributed by atoms with E-state index in [0.29, 0.717) is 11.5 Å². The van der Waals surface area contributed by atoms with E-state index in [2.05, 4.69) is 46.9 Å². The second-order valence-electron chi connectivity index (χ2n) is 8.21. The van der Waals surface area contributed by atoms with Crippen molar-refractivity contribution in [1.82, 2.24) is 0 Å². The Morgan fingerprint density at radius 1 is 0.971 bits per heavy atom. The SMILES string of the molecule is CC1=[C-]C(C)C(C)=C1C.C[Si](C)=[Zr+2].Cl.Cl.FC(F)(F)c1cccc(-c2c[cH-]c3ccccc23)c1. The molecule has 0 radical (unpaired) electrons. The summed E-state index contributed by atoms with van der Waals surface area (Å²) in [6.45, 7) is 13.3. The van der Waals surface area contributed by atoms with E-state index >= 15 is 0 Å². The third kappa shape index (κ3) is 9.22. The van der Waals surface area contributed by atoms with Gasteiger partial charge in [0.05, 0.1) is 5.56 Å². The molecule has 0 aromatic heterocycles. The van der Waals surface area contributed by atoms with Crippen LogP contribution in [0, 0.1) is 12.0 Å². The molecule has 0 spiro atoms. The van der Waals surface area contributed by atoms with E-state index < -0.39 is 11.7 Å². The van der Waals surface area contributed by atoms with Crippen LogP contribution >= 0.6 is 24.8 Å². The van der Waals surface area contributed by atoms with Crippen LogP contribution in [0.2, 0.25) is 13.1 Å². The second-order valence-corrected chi connectivity index (χ2v) is 17.6. The van der Waals surface area contributed by atoms with Crippen molar-refractivity contribution in [2.75, 3.05) is 0 Å². The van der Waals surface area contributed by atoms with Gasteiger partial charge < -0.3 is 0 Å². The number of benzene rings is 2. The largest absolute Gasteiger partial charge is 0.416 e. The summed E-state index contributed by atoms with van der Waals surface area (Å²) in [6, 6.07) is 16.9. The van der Waals surface area contributed by atoms with Gasteiger partial charge in [-0.15, -0.1) is 78.4 Å². The van der Waals surface area contributed by atoms with Gasteiger partial charge in [0.2, 0.25) is 0 Å². The van der Waals surface area contributed by atoms with Gasteiger partial charge in [0.15, 0.2) is 0 Å². The van der Waals surface area contributed by atoms with Gasteiger partial charge in [0.1, 0.15) is 0 Å². The van der Waals surface area contributed by atoms with Crippen LogP contribution in [0.15, 0.2) is 77.4 Å². The summed E-state index contributed by atoms with van der Waals surface area (Å²) < 4.78 is 38.2. The summed E-state index contributed by atoms with van der Waals surface area (Å²) in [7, 11) is 0. The van der Waals surface area contributed by atoms with E-state index in [1.54, 1.807) is 29.4 Å². The molecule has 1 atom stereocenters. The van der Waals surface area contributed by atoms with Crippen molar-refractivity contribution in [3.63, 3.8) is 0 Å². The first-order valence-corrected chi connectivity index (χ1v) is 16.7. The standard InChI is InChI=1S/C16H10F3.C9H13.C2H6Si.2ClH.Zr/c17-16(18,19)13-6-3-5-12(10-13)15-9-8-11-4-1-2-7-14(11)15;1-6-5-7(2)9(4)8(6)3;1-3-2;;;/h1-10H;6H,1-4H3;1-2H3;2*1H;/q2*-1;;;;+2. The Hall–Kier alpha value is -1.00. The number of hydrogen-bond acceptors (Lipinski definition) is 0. The van der Waals surface area contributed by atoms with Crippen molar-refractivity contribution < 1.29 is 36.5 Å². The molecule has 0 saturated carbocycles. The Morgan fingerprint density at radius 2 is 1.56 bits per heavy atom. The predicted octanol–water partition coefficient (Wildman–Crippen LogP) is 9.59. The predicted molar refractivity (Wildman–Crippen MR) is 142 cm³/mol. The monoisotopic (exact) mass is 600 g/mol. The van der Waals surface area contributed by atoms with Gasteiger partial charge in [-0.2, -0.15) is 24.3 Å². The molecule has 34 heavy (non-hydrogen) atoms. The van der Waals surface area contributed by atoms with Gasteiger partial charge in [0, 0.05) is 0 Å². The minimum atomic E-state index is -4.31. The summed E-state index contributed by atoms with van der Waals surface area (Å²) in [5, 5.41) is 2.01. The third-order valence-electron chi connectivity index (χ3n) is 5.42. The van der Waals surface area contributed by atoms with Crippen molar-refractivity contribution in [3.05, 3.63) is 89.0 Å². The summed E-state index contributed by atoms with van der Waals surface area (Å²) in [4.78, 5) is 0. The fraction of sp³-hybridized carbons (Fsp3) is 0.296. The van der Waals surface area contributed by atoms with Crippen molar-refractivity contribution in [3.8, 4) is 11.1 Å². The summed E-state index contributed by atoms with van der Waals surface area (Å²) in [6.07, 6.45) is -0.948. The molecule has 0 heterocycles. The number of rotatable bonds is 1. The molecule has 1 aliphatic carbocycles. The Balaban J connectivity index is 0.000000614. The van der Waals surface area contributed by atoms with Crippen LogP contribution in [0.5, 0.6) is 0 Å². The average Bonchev–Trinajstić information content (AvgIpc) is 3.24. The molecule has 3 aromatic rings. The zero-order chi connectivity index (χ0) is 24.1. The maximum atomic E-state index is 12.7. The van der Waals surface area contributed by atoms with Gasteiger partial charge in [-0.1, -0.05) is 62.6 Å². The van der Waals surface area contributed by atoms with Crippen molar-refractivity contribution >= 4 is 41.0 Å². The minimum absolute atomic E-state index is 0. The van der Waals surface area contributed by atoms with Crippen LogP contribution in [-0.4, -0.2) is 5.43 Å². The van der Waals surface area contributed by atoms with Crippen LogP contribution in [-0.2, 0) is 29.5 Å². The zero-order valence-electron chi connectivity index (χ0n) is 20.3. The number of hydrogen-bond donors (Lipinski definition) is 0. The molecule has 1 aliphatic rings. The minimum Gasteiger partial charge on any atom is -0.166 e. The molecule has 4 rings (SSSR count). The fourth-order valence-electron chi connectivity index (χ4n) is 3.43. The summed E-state index contributed by atoms with van der Waals surface area (Å²) in [5.74, 6) is 0.560. The number of halogens is 5. The van der Waals surface area contributed by atoms with E-state index in [9.17, 15) is 13.2 Å². The van der Waals surface area contributed by atoms with E-state index in [-0.39, 0.29) is 30.2 Å². The molecule has 182 valence electrons. The normalized spacial score (nSPS) is 14.7. The Morgan fingerprint density at radius 3 is 2.03 bits per heavy atom. The Kier molecular flexibility index (Phi) is 14.1. The van der Waals surface area contributed by atoms with Crippen molar-refractivity contribution in [2.24, 2.45) is 5.92 Å². The van der Waals surface area contributed by atoms with Crippen LogP contribution in [0.25, 0.3) is 21.9 Å². The molecule has 0 N–H and O–H groups in total. The summed E-state index contributed by atoms with van der Waals surface area (Å²) in [5.41, 5.74) is 5.27. The van der Waals surface area contributed by atoms with E-state index in [1.807, 2.05) is 36.4 Å². The number of allylic oxidation sites excluding steroid dienone is 4. The average molecular weight is 603 g/mol. The topological polar surface area (TPSA) is 0 Å². The molecule has 0 aliphatic heterocycles. The molecule has 0 nitrogen and oxygen atoms in total. The summed E-state index contributed by atoms with van der Waals surface area (Å²) >= 11 is 1.74. The maximum Gasteiger partial charge on any atom is 0.416 e. The molecule has 3 aromatic carbocycles. The van der Waals surface area contributed by atoms with Crippen LogP contribution in [0.1, 0.15) is 33.3 Å². The van der Waals surface area contributed by atoms with Crippen LogP contribution in [0.4, 0.5) is 13.2 Å². The molecule has 7 heteroatoms. The smallest absolute Gasteiger partial charge is 0.166 e. The number of alkyl halides is 3. The third-order valence-corrected chi connectivity index (χ3v) is 5.42. The Bertz CT molecular complexity index is 1160. The second kappa shape index (κ2) is 14.5. The zero-order valence-corrected chi connectivity index (χ0v) is 25.4. The van der Waals surface area contributed by atoms with Crippen molar-refractivity contribution in [2.45, 2.75) is 47.0 Å². The van der Waals surface area contributed by atoms with Crippen LogP contribution < -0.4 is 0 Å².